The molecule has 206 valence electrons. The number of oxime groups is 1. The summed E-state index contributed by atoms with van der Waals surface area (Å²) in [5.74, 6) is -2.61. The van der Waals surface area contributed by atoms with Gasteiger partial charge in [0.05, 0.1) is 5.03 Å². The van der Waals surface area contributed by atoms with Gasteiger partial charge in [-0.25, -0.2) is 14.6 Å². The maximum atomic E-state index is 13.1. The Bertz CT molecular complexity index is 1180. The lowest BCUT2D eigenvalue weighted by Gasteiger charge is -2.48. The predicted molar refractivity (Wildman–Crippen MR) is 139 cm³/mol. The fourth-order valence-electron chi connectivity index (χ4n) is 3.25. The van der Waals surface area contributed by atoms with Crippen LogP contribution in [-0.4, -0.2) is 86.9 Å². The minimum atomic E-state index is -1.34. The first kappa shape index (κ1) is 29.2. The SMILES string of the molecule is CC(C)(C)OC(=O)NCCCON=C(C(=O)NC1C(=O)N2C(C(=O)O)=C(Cl)CS[C@@H]12)c1csc(NC=O)n1. The highest BCUT2D eigenvalue weighted by atomic mass is 35.5. The Kier molecular flexibility index (Phi) is 9.56. The van der Waals surface area contributed by atoms with Gasteiger partial charge < -0.3 is 30.6 Å². The average molecular weight is 589 g/mol. The zero-order valence-corrected chi connectivity index (χ0v) is 22.9. The molecule has 3 rings (SSSR count). The van der Waals surface area contributed by atoms with E-state index in [0.29, 0.717) is 12.8 Å². The summed E-state index contributed by atoms with van der Waals surface area (Å²) in [5.41, 5.74) is -1.13. The first-order valence-corrected chi connectivity index (χ1v) is 13.4. The van der Waals surface area contributed by atoms with Crippen LogP contribution >= 0.6 is 34.7 Å². The van der Waals surface area contributed by atoms with Crippen LogP contribution in [0.25, 0.3) is 0 Å². The van der Waals surface area contributed by atoms with Gasteiger partial charge in [0, 0.05) is 24.1 Å². The van der Waals surface area contributed by atoms with E-state index in [4.69, 9.17) is 21.2 Å². The molecule has 1 aromatic rings. The Morgan fingerprint density at radius 2 is 2.11 bits per heavy atom. The number of alkyl carbamates (subject to hydrolysis) is 1. The number of anilines is 1. The van der Waals surface area contributed by atoms with Gasteiger partial charge in [-0.3, -0.25) is 19.3 Å². The van der Waals surface area contributed by atoms with Crippen molar-refractivity contribution in [2.45, 2.75) is 44.2 Å². The molecular weight excluding hydrogens is 564 g/mol. The Morgan fingerprint density at radius 1 is 1.37 bits per heavy atom. The van der Waals surface area contributed by atoms with Crippen LogP contribution in [-0.2, 0) is 28.8 Å². The first-order valence-electron chi connectivity index (χ1n) is 11.1. The molecule has 0 radical (unpaired) electrons. The van der Waals surface area contributed by atoms with Gasteiger partial charge in [-0.2, -0.15) is 0 Å². The minimum absolute atomic E-state index is 0.0238. The van der Waals surface area contributed by atoms with Crippen molar-refractivity contribution < 1.29 is 38.7 Å². The summed E-state index contributed by atoms with van der Waals surface area (Å²) < 4.78 is 5.13. The summed E-state index contributed by atoms with van der Waals surface area (Å²) in [7, 11) is 0. The number of nitrogens with one attached hydrogen (secondary N) is 3. The average Bonchev–Trinajstić information content (AvgIpc) is 3.28. The molecule has 4 amide bonds. The van der Waals surface area contributed by atoms with E-state index in [-0.39, 0.29) is 46.2 Å². The molecule has 0 saturated carbocycles. The number of β-lactam (4-membered cyclic amide) rings is 1. The number of aliphatic carboxylic acids is 1. The highest BCUT2D eigenvalue weighted by Gasteiger charge is 2.54. The monoisotopic (exact) mass is 588 g/mol. The third-order valence-electron chi connectivity index (χ3n) is 4.79. The second kappa shape index (κ2) is 12.4. The number of hydrogen-bond acceptors (Lipinski definition) is 11. The Labute approximate surface area is 230 Å². The third kappa shape index (κ3) is 7.14. The van der Waals surface area contributed by atoms with Crippen LogP contribution in [0.15, 0.2) is 21.3 Å². The topological polar surface area (TPSA) is 189 Å². The molecule has 1 fully saturated rings. The number of hydrogen-bond donors (Lipinski definition) is 4. The summed E-state index contributed by atoms with van der Waals surface area (Å²) in [6.45, 7) is 5.47. The molecule has 0 aromatic carbocycles. The number of halogens is 1. The van der Waals surface area contributed by atoms with Crippen LogP contribution in [0.5, 0.6) is 0 Å². The molecule has 1 aromatic heterocycles. The van der Waals surface area contributed by atoms with Crippen LogP contribution in [0, 0.1) is 0 Å². The fourth-order valence-corrected chi connectivity index (χ4v) is 5.45. The van der Waals surface area contributed by atoms with Gasteiger partial charge in [-0.15, -0.1) is 23.1 Å². The highest BCUT2D eigenvalue weighted by Crippen LogP contribution is 2.41. The van der Waals surface area contributed by atoms with E-state index >= 15 is 0 Å². The summed E-state index contributed by atoms with van der Waals surface area (Å²) in [6, 6.07) is -1.03. The number of carboxylic acid groups (broad SMARTS) is 1. The number of carboxylic acids is 1. The Balaban J connectivity index is 1.64. The smallest absolute Gasteiger partial charge is 0.407 e. The van der Waals surface area contributed by atoms with Crippen LogP contribution in [0.2, 0.25) is 0 Å². The summed E-state index contributed by atoms with van der Waals surface area (Å²) in [5, 5.41) is 21.8. The van der Waals surface area contributed by atoms with E-state index < -0.39 is 40.9 Å². The van der Waals surface area contributed by atoms with Crippen molar-refractivity contribution >= 4 is 75.8 Å². The molecule has 1 unspecified atom stereocenters. The number of fused-ring (bicyclic) bond motifs is 1. The maximum absolute atomic E-state index is 13.1. The lowest BCUT2D eigenvalue weighted by atomic mass is 10.0. The fraction of sp³-hybridized carbons (Fsp3) is 0.476. The lowest BCUT2D eigenvalue weighted by Crippen LogP contribution is -2.71. The van der Waals surface area contributed by atoms with Crippen LogP contribution in [0.3, 0.4) is 0 Å². The molecule has 2 atom stereocenters. The van der Waals surface area contributed by atoms with Gasteiger partial charge in [-0.1, -0.05) is 16.8 Å². The van der Waals surface area contributed by atoms with Crippen molar-refractivity contribution in [3.05, 3.63) is 21.8 Å². The molecule has 0 aliphatic carbocycles. The summed E-state index contributed by atoms with van der Waals surface area (Å²) in [6.07, 6.45) is 0.182. The number of carbonyl (C=O) groups is 5. The van der Waals surface area contributed by atoms with E-state index in [9.17, 15) is 29.1 Å². The molecule has 14 nitrogen and oxygen atoms in total. The van der Waals surface area contributed by atoms with Gasteiger partial charge in [0.2, 0.25) is 6.41 Å². The number of nitrogens with zero attached hydrogens (tertiary/aromatic N) is 3. The first-order chi connectivity index (χ1) is 17.9. The second-order valence-corrected chi connectivity index (χ2v) is 11.2. The van der Waals surface area contributed by atoms with Gasteiger partial charge in [0.15, 0.2) is 10.8 Å². The molecule has 38 heavy (non-hydrogen) atoms. The Hall–Kier alpha value is -3.37. The van der Waals surface area contributed by atoms with E-state index in [1.54, 1.807) is 20.8 Å². The second-order valence-electron chi connectivity index (χ2n) is 8.78. The number of rotatable bonds is 11. The van der Waals surface area contributed by atoms with Gasteiger partial charge >= 0.3 is 12.1 Å². The van der Waals surface area contributed by atoms with Crippen molar-refractivity contribution in [2.75, 3.05) is 24.2 Å². The largest absolute Gasteiger partial charge is 0.477 e. The van der Waals surface area contributed by atoms with Gasteiger partial charge in [0.25, 0.3) is 11.8 Å². The zero-order chi connectivity index (χ0) is 28.0. The molecule has 4 N–H and O–H groups in total. The number of thioether (sulfide) groups is 1. The molecular formula is C21H25ClN6O8S2. The number of carbonyl (C=O) groups excluding carboxylic acids is 4. The number of thiazole rings is 1. The quantitative estimate of drug-likeness (QED) is 0.0963. The third-order valence-corrected chi connectivity index (χ3v) is 7.32. The molecule has 0 spiro atoms. The lowest BCUT2D eigenvalue weighted by molar-refractivity contribution is -0.150. The highest BCUT2D eigenvalue weighted by molar-refractivity contribution is 8.00. The van der Waals surface area contributed by atoms with E-state index in [1.807, 2.05) is 0 Å². The van der Waals surface area contributed by atoms with E-state index in [1.165, 1.54) is 17.1 Å². The molecule has 2 aliphatic rings. The Morgan fingerprint density at radius 3 is 2.76 bits per heavy atom. The van der Waals surface area contributed by atoms with Crippen molar-refractivity contribution in [3.8, 4) is 0 Å². The molecule has 1 saturated heterocycles. The van der Waals surface area contributed by atoms with Gasteiger partial charge in [-0.05, 0) is 20.8 Å². The number of amides is 4. The number of ether oxygens (including phenoxy) is 1. The minimum Gasteiger partial charge on any atom is -0.477 e. The molecule has 0 bridgehead atoms. The van der Waals surface area contributed by atoms with Crippen molar-refractivity contribution in [1.82, 2.24) is 20.5 Å². The molecule has 2 aliphatic heterocycles. The maximum Gasteiger partial charge on any atom is 0.407 e. The van der Waals surface area contributed by atoms with Crippen molar-refractivity contribution in [3.63, 3.8) is 0 Å². The van der Waals surface area contributed by atoms with Gasteiger partial charge in [0.1, 0.15) is 35.0 Å². The van der Waals surface area contributed by atoms with Crippen LogP contribution in [0.4, 0.5) is 9.93 Å². The van der Waals surface area contributed by atoms with Crippen LogP contribution < -0.4 is 16.0 Å². The number of aromatic nitrogens is 1. The van der Waals surface area contributed by atoms with Crippen LogP contribution in [0.1, 0.15) is 32.9 Å². The summed E-state index contributed by atoms with van der Waals surface area (Å²) in [4.78, 5) is 70.1. The predicted octanol–water partition coefficient (Wildman–Crippen LogP) is 1.28. The van der Waals surface area contributed by atoms with Crippen molar-refractivity contribution in [2.24, 2.45) is 5.16 Å². The normalized spacial score (nSPS) is 19.2. The van der Waals surface area contributed by atoms with E-state index in [0.717, 1.165) is 16.2 Å². The standard InChI is InChI=1S/C21H25ClN6O8S2/c1-21(2,3)36-20(34)23-5-4-6-35-27-12(11-8-38-19(25-11)24-9-29)15(30)26-13-16(31)28-14(18(32)33)10(22)7-37-17(13)28/h8-9,13,17H,4-7H2,1-3H3,(H,23,34)(H,26,30)(H,32,33)(H,24,25,29)/t13?,17-/m0/s1. The van der Waals surface area contributed by atoms with Crippen molar-refractivity contribution in [1.29, 1.82) is 0 Å². The summed E-state index contributed by atoms with van der Waals surface area (Å²) >= 11 is 8.23. The molecule has 3 heterocycles. The molecule has 17 heteroatoms. The zero-order valence-electron chi connectivity index (χ0n) is 20.5. The van der Waals surface area contributed by atoms with E-state index in [2.05, 4.69) is 26.1 Å².